The summed E-state index contributed by atoms with van der Waals surface area (Å²) in [5.41, 5.74) is 5.20. The first kappa shape index (κ1) is 37.1. The Morgan fingerprint density at radius 1 is 1.16 bits per heavy atom. The molecular weight excluding hydrogens is 703 g/mol. The zero-order valence-corrected chi connectivity index (χ0v) is 28.3. The number of guanidine groups is 1. The maximum atomic E-state index is 14.4. The number of hydrogen-bond acceptors (Lipinski definition) is 8. The molecule has 4 N–H and O–H groups in total. The van der Waals surface area contributed by atoms with Crippen LogP contribution in [-0.4, -0.2) is 77.9 Å². The molecule has 2 aromatic carbocycles. The van der Waals surface area contributed by atoms with Gasteiger partial charge in [-0.2, -0.15) is 33.7 Å². The van der Waals surface area contributed by atoms with Gasteiger partial charge in [-0.05, 0) is 54.5 Å². The summed E-state index contributed by atoms with van der Waals surface area (Å²) in [5.74, 6) is -1.77. The second-order valence-corrected chi connectivity index (χ2v) is 13.4. The lowest BCUT2D eigenvalue weighted by molar-refractivity contribution is -0.164. The van der Waals surface area contributed by atoms with Crippen LogP contribution in [0.2, 0.25) is 5.02 Å². The number of nitrogens with one attached hydrogen (secondary N) is 2. The van der Waals surface area contributed by atoms with Gasteiger partial charge in [0.05, 0.1) is 22.9 Å². The number of rotatable bonds is 11. The number of benzene rings is 2. The van der Waals surface area contributed by atoms with Gasteiger partial charge in [0.15, 0.2) is 11.8 Å². The Balaban J connectivity index is 1.58. The molecule has 0 aliphatic heterocycles. The lowest BCUT2D eigenvalue weighted by atomic mass is 9.92. The Hall–Kier alpha value is -5.13. The number of H-pyrrole nitrogens is 1. The number of hydrogen-bond donors (Lipinski definition) is 3. The highest BCUT2D eigenvalue weighted by Crippen LogP contribution is 2.49. The van der Waals surface area contributed by atoms with Gasteiger partial charge in [-0.1, -0.05) is 50.6 Å². The lowest BCUT2D eigenvalue weighted by Gasteiger charge is -2.32. The van der Waals surface area contributed by atoms with E-state index < -0.39 is 48.6 Å². The Morgan fingerprint density at radius 3 is 2.45 bits per heavy atom. The highest BCUT2D eigenvalue weighted by atomic mass is 35.5. The fourth-order valence-corrected chi connectivity index (χ4v) is 5.24. The van der Waals surface area contributed by atoms with E-state index in [1.807, 2.05) is 26.1 Å². The number of ether oxygens (including phenoxy) is 1. The summed E-state index contributed by atoms with van der Waals surface area (Å²) >= 11 is 6.41. The molecule has 1 aliphatic carbocycles. The number of nitrogens with two attached hydrogens (primary N) is 1. The van der Waals surface area contributed by atoms with Gasteiger partial charge in [0, 0.05) is 17.7 Å². The van der Waals surface area contributed by atoms with Crippen LogP contribution in [0, 0.1) is 5.41 Å². The Bertz CT molecular complexity index is 1870. The fraction of sp³-hybridized carbons (Fsp3) is 0.406. The topological polar surface area (TPSA) is 169 Å². The number of nitrogens with zero attached hydrogens (tertiary/aromatic N) is 7. The summed E-state index contributed by atoms with van der Waals surface area (Å²) in [6.45, 7) is 5.38. The molecule has 1 atom stereocenters. The van der Waals surface area contributed by atoms with Crippen LogP contribution in [0.15, 0.2) is 60.0 Å². The third kappa shape index (κ3) is 8.61. The van der Waals surface area contributed by atoms with Crippen LogP contribution in [0.3, 0.4) is 0 Å². The zero-order chi connectivity index (χ0) is 37.1. The van der Waals surface area contributed by atoms with Gasteiger partial charge in [0.2, 0.25) is 0 Å². The van der Waals surface area contributed by atoms with Crippen molar-refractivity contribution in [2.75, 3.05) is 13.2 Å². The molecule has 1 aliphatic rings. The maximum Gasteiger partial charge on any atom is 0.411 e. The predicted molar refractivity (Wildman–Crippen MR) is 175 cm³/mol. The van der Waals surface area contributed by atoms with Crippen LogP contribution in [0.1, 0.15) is 74.2 Å². The van der Waals surface area contributed by atoms with E-state index in [-0.39, 0.29) is 52.6 Å². The second kappa shape index (κ2) is 14.6. The molecule has 19 heteroatoms. The quantitative estimate of drug-likeness (QED) is 0.0903. The van der Waals surface area contributed by atoms with Crippen molar-refractivity contribution in [3.63, 3.8) is 0 Å². The number of aromatic amines is 1. The molecule has 13 nitrogen and oxygen atoms in total. The van der Waals surface area contributed by atoms with Crippen LogP contribution < -0.4 is 11.1 Å². The van der Waals surface area contributed by atoms with E-state index in [1.54, 1.807) is 12.1 Å². The van der Waals surface area contributed by atoms with Crippen LogP contribution in [0.4, 0.5) is 26.7 Å². The summed E-state index contributed by atoms with van der Waals surface area (Å²) in [7, 11) is 0. The third-order valence-electron chi connectivity index (χ3n) is 8.11. The van der Waals surface area contributed by atoms with Crippen molar-refractivity contribution in [3.05, 3.63) is 77.0 Å². The molecule has 2 heterocycles. The van der Waals surface area contributed by atoms with Gasteiger partial charge < -0.3 is 15.8 Å². The molecule has 0 spiro atoms. The van der Waals surface area contributed by atoms with Gasteiger partial charge in [-0.15, -0.1) is 0 Å². The summed E-state index contributed by atoms with van der Waals surface area (Å²) < 4.78 is 74.7. The lowest BCUT2D eigenvalue weighted by Crippen LogP contribution is -2.49. The molecule has 0 unspecified atom stereocenters. The Morgan fingerprint density at radius 2 is 1.86 bits per heavy atom. The molecule has 2 amide bonds. The minimum atomic E-state index is -4.72. The van der Waals surface area contributed by atoms with Gasteiger partial charge in [0.25, 0.3) is 12.3 Å². The molecule has 5 rings (SSSR count). The van der Waals surface area contributed by atoms with Gasteiger partial charge in [-0.25, -0.2) is 23.2 Å². The largest absolute Gasteiger partial charge is 0.447 e. The standard InChI is InChI=1S/C32H34ClF5N10O3/c1-30(2,3)12-13-40-28(39)47(27(49)19-6-4-18(5-7-19)22-15-42-46-45-22)24(16-51-29(50)44-31(10-11-31)32(36,37)38)20-8-9-21(33)23(14-20)48-26(25(34)35)41-17-43-48/h4-9,14-15,17,24-25H,10-13,16H2,1-3H3,(H2,39,40)(H,44,50)(H,42,45,46)/t24-/m1/s1. The number of carbonyl (C=O) groups is 2. The SMILES string of the molecule is CC(C)(C)CCN=C(N)N(C(=O)c1ccc(-c2cn[nH]n2)cc1)[C@H](COC(=O)NC1(C(F)(F)F)CC1)c1ccc(Cl)c(-n2ncnc2C(F)F)c1. The van der Waals surface area contributed by atoms with E-state index in [9.17, 15) is 31.5 Å². The fourth-order valence-electron chi connectivity index (χ4n) is 5.05. The summed E-state index contributed by atoms with van der Waals surface area (Å²) in [6.07, 6.45) is -6.87. The Kier molecular flexibility index (Phi) is 10.6. The van der Waals surface area contributed by atoms with E-state index in [4.69, 9.17) is 22.1 Å². The zero-order valence-electron chi connectivity index (χ0n) is 27.6. The molecule has 0 radical (unpaired) electrons. The molecular formula is C32H34ClF5N10O3. The molecule has 0 bridgehead atoms. The minimum absolute atomic E-state index is 0.0300. The van der Waals surface area contributed by atoms with Crippen LogP contribution >= 0.6 is 11.6 Å². The van der Waals surface area contributed by atoms with Crippen molar-refractivity contribution in [3.8, 4) is 16.9 Å². The number of alkyl carbamates (subject to hydrolysis) is 1. The molecule has 272 valence electrons. The van der Waals surface area contributed by atoms with Crippen molar-refractivity contribution in [1.29, 1.82) is 0 Å². The van der Waals surface area contributed by atoms with Crippen molar-refractivity contribution in [2.45, 2.75) is 64.2 Å². The van der Waals surface area contributed by atoms with E-state index in [1.165, 1.54) is 36.5 Å². The molecule has 51 heavy (non-hydrogen) atoms. The van der Waals surface area contributed by atoms with Gasteiger partial charge >= 0.3 is 12.3 Å². The smallest absolute Gasteiger partial charge is 0.411 e. The average Bonchev–Trinajstić information content (AvgIpc) is 3.43. The first-order chi connectivity index (χ1) is 24.0. The van der Waals surface area contributed by atoms with E-state index in [2.05, 4.69) is 30.5 Å². The number of alkyl halides is 5. The number of aliphatic imine (C=N–C) groups is 1. The van der Waals surface area contributed by atoms with E-state index in [0.29, 0.717) is 17.7 Å². The van der Waals surface area contributed by atoms with Crippen LogP contribution in [0.25, 0.3) is 16.9 Å². The average molecular weight is 737 g/mol. The van der Waals surface area contributed by atoms with Crippen molar-refractivity contribution < 1.29 is 36.3 Å². The molecule has 0 saturated heterocycles. The van der Waals surface area contributed by atoms with Gasteiger partial charge in [-0.3, -0.25) is 14.7 Å². The monoisotopic (exact) mass is 736 g/mol. The predicted octanol–water partition coefficient (Wildman–Crippen LogP) is 6.40. The third-order valence-corrected chi connectivity index (χ3v) is 8.43. The number of carbonyl (C=O) groups excluding carboxylic acids is 2. The highest BCUT2D eigenvalue weighted by Gasteiger charge is 2.64. The number of amides is 2. The second-order valence-electron chi connectivity index (χ2n) is 13.0. The van der Waals surface area contributed by atoms with Crippen molar-refractivity contribution in [1.82, 2.24) is 40.4 Å². The van der Waals surface area contributed by atoms with E-state index in [0.717, 1.165) is 15.9 Å². The maximum absolute atomic E-state index is 14.4. The molecule has 4 aromatic rings. The highest BCUT2D eigenvalue weighted by molar-refractivity contribution is 6.32. The van der Waals surface area contributed by atoms with E-state index >= 15 is 0 Å². The normalized spacial score (nSPS) is 15.1. The first-order valence-corrected chi connectivity index (χ1v) is 16.0. The molecule has 1 saturated carbocycles. The number of aromatic nitrogens is 6. The van der Waals surface area contributed by atoms with Crippen molar-refractivity contribution >= 4 is 29.6 Å². The van der Waals surface area contributed by atoms with Crippen LogP contribution in [0.5, 0.6) is 0 Å². The summed E-state index contributed by atoms with van der Waals surface area (Å²) in [4.78, 5) is 36.3. The summed E-state index contributed by atoms with van der Waals surface area (Å²) in [5, 5.41) is 16.0. The van der Waals surface area contributed by atoms with Crippen molar-refractivity contribution in [2.24, 2.45) is 16.1 Å². The molecule has 1 fully saturated rings. The summed E-state index contributed by atoms with van der Waals surface area (Å²) in [6, 6.07) is 8.90. The van der Waals surface area contributed by atoms with Gasteiger partial charge in [0.1, 0.15) is 24.2 Å². The van der Waals surface area contributed by atoms with Crippen LogP contribution in [-0.2, 0) is 4.74 Å². The first-order valence-electron chi connectivity index (χ1n) is 15.6. The minimum Gasteiger partial charge on any atom is -0.447 e. The molecule has 2 aromatic heterocycles. The Labute approximate surface area is 293 Å². The number of halogens is 6.